The average Bonchev–Trinajstić information content (AvgIpc) is 3.35. The summed E-state index contributed by atoms with van der Waals surface area (Å²) in [6.45, 7) is 0.800. The maximum atomic E-state index is 13.3. The number of ether oxygens (including phenoxy) is 2. The first kappa shape index (κ1) is 15.1. The van der Waals surface area contributed by atoms with E-state index in [0.29, 0.717) is 34.9 Å². The van der Waals surface area contributed by atoms with Crippen molar-refractivity contribution in [3.8, 4) is 23.0 Å². The van der Waals surface area contributed by atoms with Crippen LogP contribution in [0.15, 0.2) is 47.3 Å². The van der Waals surface area contributed by atoms with Crippen molar-refractivity contribution in [2.75, 3.05) is 6.79 Å². The van der Waals surface area contributed by atoms with Crippen molar-refractivity contribution < 1.29 is 9.47 Å². The minimum Gasteiger partial charge on any atom is -0.454 e. The highest BCUT2D eigenvalue weighted by Crippen LogP contribution is 2.37. The van der Waals surface area contributed by atoms with E-state index in [9.17, 15) is 4.79 Å². The molecule has 140 valence electrons. The van der Waals surface area contributed by atoms with Crippen molar-refractivity contribution in [1.82, 2.24) is 19.5 Å². The molecule has 0 fully saturated rings. The van der Waals surface area contributed by atoms with Crippen LogP contribution < -0.4 is 15.0 Å². The van der Waals surface area contributed by atoms with Crippen molar-refractivity contribution in [3.05, 3.63) is 58.4 Å². The summed E-state index contributed by atoms with van der Waals surface area (Å²) in [7, 11) is 0. The van der Waals surface area contributed by atoms with Gasteiger partial charge in [-0.15, -0.1) is 0 Å². The molecule has 7 nitrogen and oxygen atoms in total. The minimum absolute atomic E-state index is 0.0682. The van der Waals surface area contributed by atoms with Crippen LogP contribution in [0.3, 0.4) is 0 Å². The summed E-state index contributed by atoms with van der Waals surface area (Å²) < 4.78 is 12.7. The van der Waals surface area contributed by atoms with E-state index >= 15 is 0 Å². The van der Waals surface area contributed by atoms with Crippen LogP contribution in [0.2, 0.25) is 0 Å². The van der Waals surface area contributed by atoms with Gasteiger partial charge in [-0.25, -0.2) is 9.97 Å². The van der Waals surface area contributed by atoms with E-state index < -0.39 is 0 Å². The molecule has 0 bridgehead atoms. The number of nitrogens with zero attached hydrogens (tertiary/aromatic N) is 3. The van der Waals surface area contributed by atoms with Gasteiger partial charge in [0.1, 0.15) is 0 Å². The first-order valence-electron chi connectivity index (χ1n) is 9.51. The van der Waals surface area contributed by atoms with E-state index in [0.717, 1.165) is 28.5 Å². The standard InChI is InChI=1S/C22H14N4O3/c27-22-14-7-11-8-17-18(29-10-28-17)9-16(11)24-20(14)25-21-19-13(5-6-26(21)22)12-3-1-2-4-15(12)23-19/h1-4,7-9,23H,5-6,10H2. The molecule has 7 heteroatoms. The van der Waals surface area contributed by atoms with Gasteiger partial charge in [0, 0.05) is 28.9 Å². The second-order valence-corrected chi connectivity index (χ2v) is 7.42. The fourth-order valence-corrected chi connectivity index (χ4v) is 4.47. The Hall–Kier alpha value is -3.87. The molecule has 3 aromatic heterocycles. The molecule has 0 unspecified atom stereocenters. The van der Waals surface area contributed by atoms with Crippen LogP contribution in [0.5, 0.6) is 11.5 Å². The fraction of sp³-hybridized carbons (Fsp3) is 0.136. The number of pyridine rings is 1. The summed E-state index contributed by atoms with van der Waals surface area (Å²) in [6, 6.07) is 13.7. The predicted octanol–water partition coefficient (Wildman–Crippen LogP) is 3.38. The molecule has 5 heterocycles. The maximum Gasteiger partial charge on any atom is 0.263 e. The van der Waals surface area contributed by atoms with Crippen LogP contribution in [-0.2, 0) is 13.0 Å². The van der Waals surface area contributed by atoms with Crippen molar-refractivity contribution in [2.45, 2.75) is 13.0 Å². The Balaban J connectivity index is 1.55. The van der Waals surface area contributed by atoms with Crippen LogP contribution in [0, 0.1) is 0 Å². The van der Waals surface area contributed by atoms with Gasteiger partial charge in [-0.3, -0.25) is 9.36 Å². The van der Waals surface area contributed by atoms with Gasteiger partial charge in [0.05, 0.1) is 16.6 Å². The first-order chi connectivity index (χ1) is 14.3. The van der Waals surface area contributed by atoms with Crippen molar-refractivity contribution in [2.24, 2.45) is 0 Å². The molecular weight excluding hydrogens is 368 g/mol. The zero-order valence-electron chi connectivity index (χ0n) is 15.2. The maximum absolute atomic E-state index is 13.3. The molecule has 29 heavy (non-hydrogen) atoms. The number of hydrogen-bond acceptors (Lipinski definition) is 5. The first-order valence-corrected chi connectivity index (χ1v) is 9.51. The highest BCUT2D eigenvalue weighted by Gasteiger charge is 2.25. The zero-order chi connectivity index (χ0) is 19.1. The lowest BCUT2D eigenvalue weighted by atomic mass is 10.0. The summed E-state index contributed by atoms with van der Waals surface area (Å²) >= 11 is 0. The smallest absolute Gasteiger partial charge is 0.263 e. The third-order valence-electron chi connectivity index (χ3n) is 5.85. The Bertz CT molecular complexity index is 1560. The Morgan fingerprint density at radius 1 is 1.00 bits per heavy atom. The highest BCUT2D eigenvalue weighted by atomic mass is 16.7. The molecule has 0 saturated heterocycles. The lowest BCUT2D eigenvalue weighted by Gasteiger charge is -2.18. The van der Waals surface area contributed by atoms with Gasteiger partial charge in [0.2, 0.25) is 6.79 Å². The summed E-state index contributed by atoms with van der Waals surface area (Å²) in [4.78, 5) is 26.2. The summed E-state index contributed by atoms with van der Waals surface area (Å²) in [5.74, 6) is 1.98. The second-order valence-electron chi connectivity index (χ2n) is 7.42. The lowest BCUT2D eigenvalue weighted by molar-refractivity contribution is 0.174. The molecule has 0 amide bonds. The number of benzene rings is 2. The largest absolute Gasteiger partial charge is 0.454 e. The Morgan fingerprint density at radius 2 is 1.86 bits per heavy atom. The van der Waals surface area contributed by atoms with Crippen molar-refractivity contribution in [1.29, 1.82) is 0 Å². The number of nitrogens with one attached hydrogen (secondary N) is 1. The van der Waals surface area contributed by atoms with Gasteiger partial charge < -0.3 is 14.5 Å². The average molecular weight is 382 g/mol. The van der Waals surface area contributed by atoms with E-state index in [1.807, 2.05) is 36.4 Å². The summed E-state index contributed by atoms with van der Waals surface area (Å²) in [5, 5.41) is 2.53. The normalized spacial score (nSPS) is 14.5. The molecule has 1 N–H and O–H groups in total. The quantitative estimate of drug-likeness (QED) is 0.415. The van der Waals surface area contributed by atoms with Gasteiger partial charge in [-0.2, -0.15) is 0 Å². The van der Waals surface area contributed by atoms with Gasteiger partial charge in [0.25, 0.3) is 5.56 Å². The third kappa shape index (κ3) is 1.94. The molecule has 0 spiro atoms. The van der Waals surface area contributed by atoms with Crippen molar-refractivity contribution >= 4 is 32.8 Å². The predicted molar refractivity (Wildman–Crippen MR) is 108 cm³/mol. The number of rotatable bonds is 0. The minimum atomic E-state index is -0.0682. The van der Waals surface area contributed by atoms with Gasteiger partial charge in [-0.1, -0.05) is 18.2 Å². The van der Waals surface area contributed by atoms with Gasteiger partial charge >= 0.3 is 0 Å². The highest BCUT2D eigenvalue weighted by molar-refractivity contribution is 5.94. The number of hydrogen-bond donors (Lipinski definition) is 1. The molecule has 0 saturated carbocycles. The van der Waals surface area contributed by atoms with Crippen LogP contribution in [0.25, 0.3) is 44.4 Å². The number of aromatic amines is 1. The number of aromatic nitrogens is 4. The van der Waals surface area contributed by atoms with E-state index in [-0.39, 0.29) is 12.4 Å². The van der Waals surface area contributed by atoms with E-state index in [4.69, 9.17) is 14.5 Å². The molecule has 2 aromatic carbocycles. The molecule has 0 atom stereocenters. The molecule has 5 aromatic rings. The molecule has 2 aliphatic rings. The van der Waals surface area contributed by atoms with Crippen LogP contribution in [0.4, 0.5) is 0 Å². The second kappa shape index (κ2) is 5.14. The van der Waals surface area contributed by atoms with Gasteiger partial charge in [0.15, 0.2) is 23.0 Å². The van der Waals surface area contributed by atoms with Crippen LogP contribution in [0.1, 0.15) is 5.56 Å². The molecule has 2 aliphatic heterocycles. The molecule has 0 radical (unpaired) electrons. The number of H-pyrrole nitrogens is 1. The van der Waals surface area contributed by atoms with Crippen LogP contribution >= 0.6 is 0 Å². The number of para-hydroxylation sites is 1. The van der Waals surface area contributed by atoms with E-state index in [1.165, 1.54) is 10.9 Å². The zero-order valence-corrected chi connectivity index (χ0v) is 15.2. The van der Waals surface area contributed by atoms with Crippen molar-refractivity contribution in [3.63, 3.8) is 0 Å². The fourth-order valence-electron chi connectivity index (χ4n) is 4.47. The monoisotopic (exact) mass is 382 g/mol. The summed E-state index contributed by atoms with van der Waals surface area (Å²) in [5.41, 5.74) is 4.27. The Kier molecular flexibility index (Phi) is 2.67. The van der Waals surface area contributed by atoms with E-state index in [2.05, 4.69) is 16.0 Å². The Labute approximate surface area is 163 Å². The number of aryl methyl sites for hydroxylation is 1. The lowest BCUT2D eigenvalue weighted by Crippen LogP contribution is -2.27. The molecular formula is C22H14N4O3. The number of fused-ring (bicyclic) bond motifs is 8. The SMILES string of the molecule is O=c1c2cc3cc4c(cc3nc2nc2n1CCc1c-2[nH]c2ccccc12)OCO4. The third-order valence-corrected chi connectivity index (χ3v) is 5.85. The van der Waals surface area contributed by atoms with Crippen LogP contribution in [-0.4, -0.2) is 26.3 Å². The van der Waals surface area contributed by atoms with Gasteiger partial charge in [-0.05, 0) is 30.2 Å². The molecule has 0 aliphatic carbocycles. The summed E-state index contributed by atoms with van der Waals surface area (Å²) in [6.07, 6.45) is 0.791. The topological polar surface area (TPSA) is 82.0 Å². The Morgan fingerprint density at radius 3 is 2.79 bits per heavy atom. The molecule has 7 rings (SSSR count). The van der Waals surface area contributed by atoms with E-state index in [1.54, 1.807) is 4.57 Å².